The number of rotatable bonds is 12. The second-order valence-corrected chi connectivity index (χ2v) is 13.1. The van der Waals surface area contributed by atoms with Gasteiger partial charge in [0.2, 0.25) is 6.29 Å². The largest absolute Gasteiger partial charge is 0.459 e. The smallest absolute Gasteiger partial charge is 0.334 e. The van der Waals surface area contributed by atoms with Crippen molar-refractivity contribution in [2.45, 2.75) is 155 Å². The number of ether oxygens (including phenoxy) is 6. The molecule has 0 unspecified atom stereocenters. The Bertz CT molecular complexity index is 1300. The van der Waals surface area contributed by atoms with E-state index in [1.807, 2.05) is 6.92 Å². The average Bonchev–Trinajstić information content (AvgIpc) is 3.31. The molecule has 2 fully saturated rings. The van der Waals surface area contributed by atoms with Crippen LogP contribution in [0.5, 0.6) is 0 Å². The summed E-state index contributed by atoms with van der Waals surface area (Å²) in [5.41, 5.74) is -5.82. The lowest BCUT2D eigenvalue weighted by Crippen LogP contribution is -2.65. The first kappa shape index (κ1) is 38.2. The molecule has 0 aromatic carbocycles. The maximum Gasteiger partial charge on any atom is 0.334 e. The summed E-state index contributed by atoms with van der Waals surface area (Å²) in [5, 5.41) is 24.6. The number of unbranched alkanes of at least 4 members (excludes halogenated alkanes) is 2. The zero-order chi connectivity index (χ0) is 35.5. The first-order valence-electron chi connectivity index (χ1n) is 16.3. The number of fused-ring (bicyclic) bond motifs is 3. The minimum absolute atomic E-state index is 0.0244. The van der Waals surface area contributed by atoms with E-state index in [9.17, 15) is 34.2 Å². The Morgan fingerprint density at radius 3 is 2.09 bits per heavy atom. The first-order valence-corrected chi connectivity index (χ1v) is 16.3. The van der Waals surface area contributed by atoms with E-state index >= 15 is 0 Å². The van der Waals surface area contributed by atoms with Crippen LogP contribution in [-0.2, 0) is 52.4 Å². The van der Waals surface area contributed by atoms with Crippen molar-refractivity contribution in [1.29, 1.82) is 0 Å². The van der Waals surface area contributed by atoms with Gasteiger partial charge in [-0.25, -0.2) is 4.79 Å². The fourth-order valence-corrected chi connectivity index (χ4v) is 6.95. The molecule has 13 nitrogen and oxygen atoms in total. The summed E-state index contributed by atoms with van der Waals surface area (Å²) in [7, 11) is 0. The number of carbonyl (C=O) groups is 5. The van der Waals surface area contributed by atoms with E-state index < -0.39 is 89.7 Å². The second-order valence-electron chi connectivity index (χ2n) is 13.1. The molecule has 3 rings (SSSR count). The molecule has 0 spiro atoms. The third kappa shape index (κ3) is 7.41. The number of hydrogen-bond donors (Lipinski definition) is 2. The first-order chi connectivity index (χ1) is 21.9. The van der Waals surface area contributed by atoms with Gasteiger partial charge < -0.3 is 38.6 Å². The number of aliphatic hydroxyl groups is 2. The molecule has 0 aromatic heterocycles. The molecule has 0 radical (unpaired) electrons. The number of hydrogen-bond acceptors (Lipinski definition) is 13. The average molecular weight is 667 g/mol. The molecule has 2 aliphatic carbocycles. The number of allylic oxidation sites excluding steroid dienone is 1. The lowest BCUT2D eigenvalue weighted by atomic mass is 9.75. The van der Waals surface area contributed by atoms with Crippen LogP contribution in [0.25, 0.3) is 0 Å². The molecule has 0 bridgehead atoms. The number of carbonyl (C=O) groups excluding carboxylic acids is 5. The highest BCUT2D eigenvalue weighted by molar-refractivity contribution is 5.88. The number of esters is 5. The molecular weight excluding hydrogens is 616 g/mol. The molecule has 13 heteroatoms. The summed E-state index contributed by atoms with van der Waals surface area (Å²) in [6.45, 7) is 13.6. The Kier molecular flexibility index (Phi) is 12.1. The third-order valence-electron chi connectivity index (χ3n) is 9.41. The Hall–Kier alpha value is -3.29. The minimum Gasteiger partial charge on any atom is -0.459 e. The molecule has 1 aliphatic heterocycles. The summed E-state index contributed by atoms with van der Waals surface area (Å²) in [4.78, 5) is 64.2. The summed E-state index contributed by atoms with van der Waals surface area (Å²) < 4.78 is 35.3. The minimum atomic E-state index is -2.50. The summed E-state index contributed by atoms with van der Waals surface area (Å²) in [6, 6.07) is 0. The molecule has 9 atom stereocenters. The van der Waals surface area contributed by atoms with Gasteiger partial charge in [-0.1, -0.05) is 32.8 Å². The van der Waals surface area contributed by atoms with Gasteiger partial charge in [-0.05, 0) is 58.6 Å². The van der Waals surface area contributed by atoms with Crippen molar-refractivity contribution in [2.75, 3.05) is 0 Å². The maximum absolute atomic E-state index is 13.3. The molecule has 1 heterocycles. The summed E-state index contributed by atoms with van der Waals surface area (Å²) in [6.07, 6.45) is -3.61. The van der Waals surface area contributed by atoms with E-state index in [0.717, 1.165) is 19.8 Å². The van der Waals surface area contributed by atoms with Crippen LogP contribution in [0.4, 0.5) is 0 Å². The second kappa shape index (κ2) is 14.9. The molecular formula is C34H50O13. The van der Waals surface area contributed by atoms with E-state index in [1.54, 1.807) is 33.8 Å². The Labute approximate surface area is 275 Å². The van der Waals surface area contributed by atoms with Crippen LogP contribution in [-0.4, -0.2) is 87.6 Å². The van der Waals surface area contributed by atoms with Gasteiger partial charge in [-0.15, -0.1) is 0 Å². The van der Waals surface area contributed by atoms with Gasteiger partial charge in [0, 0.05) is 38.7 Å². The van der Waals surface area contributed by atoms with Gasteiger partial charge in [0.1, 0.15) is 17.8 Å². The zero-order valence-electron chi connectivity index (χ0n) is 28.9. The van der Waals surface area contributed by atoms with Crippen LogP contribution < -0.4 is 0 Å². The lowest BCUT2D eigenvalue weighted by molar-refractivity contribution is -0.235. The van der Waals surface area contributed by atoms with Gasteiger partial charge >= 0.3 is 29.8 Å². The SMILES string of the molecule is C/C=C(/C)C(=O)O[C@H]1C(C)=C2[C@H]([C@@H]1OC(=O)CCCCC)[C@@](C)(OC(C)=O)C[C@H](OC(=O)CCC)[C@@]1(O)[C@H]2O[C@@H](OC(C)=O)[C@@]1(C)O. The van der Waals surface area contributed by atoms with Crippen molar-refractivity contribution >= 4 is 29.8 Å². The molecule has 47 heavy (non-hydrogen) atoms. The monoisotopic (exact) mass is 666 g/mol. The normalized spacial score (nSPS) is 34.9. The van der Waals surface area contributed by atoms with Crippen LogP contribution in [0, 0.1) is 5.92 Å². The molecule has 3 aliphatic rings. The maximum atomic E-state index is 13.3. The highest BCUT2D eigenvalue weighted by atomic mass is 16.7. The highest BCUT2D eigenvalue weighted by Crippen LogP contribution is 2.58. The van der Waals surface area contributed by atoms with E-state index in [2.05, 4.69) is 0 Å². The molecule has 1 saturated heterocycles. The van der Waals surface area contributed by atoms with Gasteiger partial charge in [0.05, 0.1) is 5.92 Å². The Morgan fingerprint density at radius 2 is 1.53 bits per heavy atom. The third-order valence-corrected chi connectivity index (χ3v) is 9.41. The van der Waals surface area contributed by atoms with E-state index in [1.165, 1.54) is 20.8 Å². The Balaban J connectivity index is 2.34. The van der Waals surface area contributed by atoms with Crippen LogP contribution in [0.1, 0.15) is 107 Å². The van der Waals surface area contributed by atoms with E-state index in [0.29, 0.717) is 18.4 Å². The van der Waals surface area contributed by atoms with Crippen LogP contribution in [0.2, 0.25) is 0 Å². The van der Waals surface area contributed by atoms with Gasteiger partial charge in [-0.2, -0.15) is 0 Å². The van der Waals surface area contributed by atoms with E-state index in [-0.39, 0.29) is 24.0 Å². The molecule has 0 amide bonds. The van der Waals surface area contributed by atoms with Gasteiger partial charge in [0.25, 0.3) is 0 Å². The predicted molar refractivity (Wildman–Crippen MR) is 165 cm³/mol. The standard InChI is InChI=1S/C34H50O13/c1-10-13-14-16-24(38)44-28-26-25(19(5)27(28)45-30(39)18(4)12-3)29-34(41,33(9,40)31(46-29)42-20(6)35)22(43-23(37)15-11-2)17-32(26,8)47-21(7)36/h12,22,26-29,31,40-41H,10-11,13-17H2,1-9H3/b18-12-/t22-,26+,27-,28-,29-,31+,32-,33+,34+/m0/s1. The van der Waals surface area contributed by atoms with Crippen LogP contribution >= 0.6 is 0 Å². The highest BCUT2D eigenvalue weighted by Gasteiger charge is 2.76. The van der Waals surface area contributed by atoms with Crippen molar-refractivity contribution in [3.8, 4) is 0 Å². The van der Waals surface area contributed by atoms with Crippen molar-refractivity contribution in [3.05, 3.63) is 22.8 Å². The summed E-state index contributed by atoms with van der Waals surface area (Å²) in [5.74, 6) is -4.68. The Morgan fingerprint density at radius 1 is 0.894 bits per heavy atom. The van der Waals surface area contributed by atoms with Crippen molar-refractivity contribution in [1.82, 2.24) is 0 Å². The summed E-state index contributed by atoms with van der Waals surface area (Å²) >= 11 is 0. The fourth-order valence-electron chi connectivity index (χ4n) is 6.95. The van der Waals surface area contributed by atoms with Crippen molar-refractivity contribution in [2.24, 2.45) is 5.92 Å². The van der Waals surface area contributed by atoms with Crippen molar-refractivity contribution in [3.63, 3.8) is 0 Å². The van der Waals surface area contributed by atoms with Crippen molar-refractivity contribution < 1.29 is 62.6 Å². The molecule has 0 aromatic rings. The topological polar surface area (TPSA) is 181 Å². The quantitative estimate of drug-likeness (QED) is 0.102. The molecule has 2 N–H and O–H groups in total. The lowest BCUT2D eigenvalue weighted by Gasteiger charge is -2.43. The van der Waals surface area contributed by atoms with Crippen LogP contribution in [0.3, 0.4) is 0 Å². The predicted octanol–water partition coefficient (Wildman–Crippen LogP) is 3.51. The molecule has 264 valence electrons. The van der Waals surface area contributed by atoms with E-state index in [4.69, 9.17) is 28.4 Å². The fraction of sp³-hybridized carbons (Fsp3) is 0.735. The van der Waals surface area contributed by atoms with Crippen LogP contribution in [0.15, 0.2) is 22.8 Å². The van der Waals surface area contributed by atoms with Gasteiger partial charge in [0.15, 0.2) is 23.4 Å². The zero-order valence-corrected chi connectivity index (χ0v) is 28.9. The molecule has 1 saturated carbocycles. The van der Waals surface area contributed by atoms with Gasteiger partial charge in [-0.3, -0.25) is 19.2 Å².